The van der Waals surface area contributed by atoms with Gasteiger partial charge in [0.25, 0.3) is 0 Å². The summed E-state index contributed by atoms with van der Waals surface area (Å²) in [5.41, 5.74) is 2.65. The lowest BCUT2D eigenvalue weighted by Crippen LogP contribution is -2.35. The Hall–Kier alpha value is -2.38. The summed E-state index contributed by atoms with van der Waals surface area (Å²) in [5.74, 6) is 0.320. The maximum absolute atomic E-state index is 13.5. The van der Waals surface area contributed by atoms with Crippen LogP contribution in [0.1, 0.15) is 11.3 Å². The summed E-state index contributed by atoms with van der Waals surface area (Å²) < 4.78 is 45.8. The third-order valence-electron chi connectivity index (χ3n) is 4.60. The molecule has 130 valence electrons. The molecule has 0 atom stereocenters. The van der Waals surface area contributed by atoms with Gasteiger partial charge in [-0.2, -0.15) is 4.31 Å². The fraction of sp³-hybridized carbons (Fsp3) is 0.222. The first-order chi connectivity index (χ1) is 12.0. The molecule has 0 saturated heterocycles. The number of H-pyrrole nitrogens is 1. The van der Waals surface area contributed by atoms with Crippen molar-refractivity contribution in [3.8, 4) is 5.75 Å². The van der Waals surface area contributed by atoms with Crippen LogP contribution < -0.4 is 4.74 Å². The molecule has 7 heteroatoms. The maximum Gasteiger partial charge on any atom is 0.243 e. The van der Waals surface area contributed by atoms with Crippen molar-refractivity contribution in [3.05, 3.63) is 59.5 Å². The summed E-state index contributed by atoms with van der Waals surface area (Å²) in [7, 11) is -2.06. The van der Waals surface area contributed by atoms with Crippen LogP contribution in [-0.4, -0.2) is 31.4 Å². The smallest absolute Gasteiger partial charge is 0.243 e. The highest BCUT2D eigenvalue weighted by Crippen LogP contribution is 2.31. The number of methoxy groups -OCH3 is 1. The van der Waals surface area contributed by atoms with Crippen molar-refractivity contribution >= 4 is 20.9 Å². The van der Waals surface area contributed by atoms with Crippen molar-refractivity contribution in [2.45, 2.75) is 17.9 Å². The summed E-state index contributed by atoms with van der Waals surface area (Å²) in [6, 6.07) is 10.9. The largest absolute Gasteiger partial charge is 0.497 e. The number of sulfonamides is 1. The van der Waals surface area contributed by atoms with Gasteiger partial charge in [-0.05, 0) is 54.4 Å². The van der Waals surface area contributed by atoms with E-state index >= 15 is 0 Å². The number of fused-ring (bicyclic) bond motifs is 3. The average Bonchev–Trinajstić information content (AvgIpc) is 2.98. The first-order valence-corrected chi connectivity index (χ1v) is 9.36. The molecule has 1 aliphatic rings. The van der Waals surface area contributed by atoms with Crippen LogP contribution in [0.25, 0.3) is 10.9 Å². The van der Waals surface area contributed by atoms with Crippen molar-refractivity contribution in [2.24, 2.45) is 0 Å². The third kappa shape index (κ3) is 2.69. The number of aromatic amines is 1. The zero-order chi connectivity index (χ0) is 17.6. The number of ether oxygens (including phenoxy) is 1. The second-order valence-electron chi connectivity index (χ2n) is 6.04. The van der Waals surface area contributed by atoms with Crippen LogP contribution in [0.3, 0.4) is 0 Å². The topological polar surface area (TPSA) is 62.4 Å². The van der Waals surface area contributed by atoms with Crippen molar-refractivity contribution in [2.75, 3.05) is 13.7 Å². The van der Waals surface area contributed by atoms with Gasteiger partial charge in [-0.3, -0.25) is 0 Å². The molecule has 2 heterocycles. The lowest BCUT2D eigenvalue weighted by molar-refractivity contribution is 0.388. The van der Waals surface area contributed by atoms with Crippen LogP contribution in [0, 0.1) is 5.82 Å². The number of hydrogen-bond acceptors (Lipinski definition) is 3. The van der Waals surface area contributed by atoms with E-state index in [2.05, 4.69) is 4.98 Å². The monoisotopic (exact) mass is 360 g/mol. The highest BCUT2D eigenvalue weighted by molar-refractivity contribution is 7.89. The molecular formula is C18H17FN2O3S. The quantitative estimate of drug-likeness (QED) is 0.781. The summed E-state index contributed by atoms with van der Waals surface area (Å²) in [6.07, 6.45) is 0.550. The number of rotatable bonds is 3. The van der Waals surface area contributed by atoms with Crippen LogP contribution in [0.2, 0.25) is 0 Å². The van der Waals surface area contributed by atoms with Gasteiger partial charge in [-0.15, -0.1) is 0 Å². The lowest BCUT2D eigenvalue weighted by atomic mass is 10.0. The average molecular weight is 360 g/mol. The Bertz CT molecular complexity index is 1040. The Labute approximate surface area is 145 Å². The van der Waals surface area contributed by atoms with Gasteiger partial charge in [-0.25, -0.2) is 12.8 Å². The van der Waals surface area contributed by atoms with Gasteiger partial charge in [0.1, 0.15) is 11.6 Å². The van der Waals surface area contributed by atoms with Gasteiger partial charge in [0.05, 0.1) is 18.6 Å². The Balaban J connectivity index is 1.68. The molecule has 4 rings (SSSR count). The summed E-state index contributed by atoms with van der Waals surface area (Å²) in [6.45, 7) is 0.616. The minimum absolute atomic E-state index is 0.235. The minimum Gasteiger partial charge on any atom is -0.497 e. The highest BCUT2D eigenvalue weighted by Gasteiger charge is 2.30. The first kappa shape index (κ1) is 16.1. The predicted octanol–water partition coefficient (Wildman–Crippen LogP) is 3.06. The number of nitrogens with one attached hydrogen (secondary N) is 1. The Morgan fingerprint density at radius 3 is 2.64 bits per heavy atom. The molecule has 0 fully saturated rings. The van der Waals surface area contributed by atoms with E-state index < -0.39 is 10.0 Å². The molecule has 0 saturated carbocycles. The van der Waals surface area contributed by atoms with Crippen LogP contribution in [0.15, 0.2) is 47.4 Å². The van der Waals surface area contributed by atoms with Gasteiger partial charge in [-0.1, -0.05) is 0 Å². The molecule has 0 radical (unpaired) electrons. The van der Waals surface area contributed by atoms with E-state index in [4.69, 9.17) is 4.74 Å². The Kier molecular flexibility index (Phi) is 3.77. The zero-order valence-electron chi connectivity index (χ0n) is 13.6. The van der Waals surface area contributed by atoms with Crippen molar-refractivity contribution in [1.29, 1.82) is 0 Å². The summed E-state index contributed by atoms with van der Waals surface area (Å²) in [5, 5.41) is 0.830. The molecule has 1 aliphatic heterocycles. The first-order valence-electron chi connectivity index (χ1n) is 7.92. The summed E-state index contributed by atoms with van der Waals surface area (Å²) in [4.78, 5) is 3.46. The predicted molar refractivity (Wildman–Crippen MR) is 92.6 cm³/mol. The van der Waals surface area contributed by atoms with Gasteiger partial charge < -0.3 is 9.72 Å². The van der Waals surface area contributed by atoms with Crippen LogP contribution in [0.5, 0.6) is 5.75 Å². The molecule has 0 aliphatic carbocycles. The summed E-state index contributed by atoms with van der Waals surface area (Å²) >= 11 is 0. The van der Waals surface area contributed by atoms with Crippen LogP contribution >= 0.6 is 0 Å². The van der Waals surface area contributed by atoms with E-state index in [1.165, 1.54) is 23.5 Å². The molecule has 0 bridgehead atoms. The normalized spacial score (nSPS) is 15.3. The van der Waals surface area contributed by atoms with Crippen molar-refractivity contribution in [3.63, 3.8) is 0 Å². The maximum atomic E-state index is 13.5. The Morgan fingerprint density at radius 2 is 1.92 bits per heavy atom. The molecule has 1 N–H and O–H groups in total. The number of hydrogen-bond donors (Lipinski definition) is 1. The number of nitrogens with zero attached hydrogens (tertiary/aromatic N) is 1. The van der Waals surface area contributed by atoms with Gasteiger partial charge in [0, 0.05) is 23.1 Å². The standard InChI is InChI=1S/C18H17FN2O3S/c1-24-13-3-5-14(6-4-13)25(22,23)21-9-8-15-16-10-12(19)2-7-17(16)20-18(15)11-21/h2-7,10,20H,8-9,11H2,1H3. The molecule has 0 spiro atoms. The molecule has 25 heavy (non-hydrogen) atoms. The zero-order valence-corrected chi connectivity index (χ0v) is 14.4. The van der Waals surface area contributed by atoms with Crippen LogP contribution in [0.4, 0.5) is 4.39 Å². The molecule has 3 aromatic rings. The third-order valence-corrected chi connectivity index (χ3v) is 6.46. The second-order valence-corrected chi connectivity index (χ2v) is 7.97. The van der Waals surface area contributed by atoms with Gasteiger partial charge in [0.15, 0.2) is 0 Å². The SMILES string of the molecule is COc1ccc(S(=O)(=O)N2CCc3c([nH]c4ccc(F)cc34)C2)cc1. The molecule has 0 amide bonds. The van der Waals surface area contributed by atoms with E-state index in [1.807, 2.05) is 0 Å². The fourth-order valence-corrected chi connectivity index (χ4v) is 4.70. The van der Waals surface area contributed by atoms with E-state index in [1.54, 1.807) is 30.3 Å². The molecule has 5 nitrogen and oxygen atoms in total. The number of halogens is 1. The molecule has 0 unspecified atom stereocenters. The fourth-order valence-electron chi connectivity index (χ4n) is 3.29. The second kappa shape index (κ2) is 5.86. The number of aromatic nitrogens is 1. The van der Waals surface area contributed by atoms with Crippen LogP contribution in [-0.2, 0) is 23.0 Å². The van der Waals surface area contributed by atoms with E-state index in [9.17, 15) is 12.8 Å². The molecule has 2 aromatic carbocycles. The molecular weight excluding hydrogens is 343 g/mol. The minimum atomic E-state index is -3.59. The Morgan fingerprint density at radius 1 is 1.16 bits per heavy atom. The highest BCUT2D eigenvalue weighted by atomic mass is 32.2. The van der Waals surface area contributed by atoms with Gasteiger partial charge in [0.2, 0.25) is 10.0 Å². The van der Waals surface area contributed by atoms with E-state index in [0.717, 1.165) is 22.2 Å². The van der Waals surface area contributed by atoms with E-state index in [-0.39, 0.29) is 17.3 Å². The number of benzene rings is 2. The van der Waals surface area contributed by atoms with Gasteiger partial charge >= 0.3 is 0 Å². The van der Waals surface area contributed by atoms with Crippen molar-refractivity contribution < 1.29 is 17.5 Å². The molecule has 1 aromatic heterocycles. The lowest BCUT2D eigenvalue weighted by Gasteiger charge is -2.26. The van der Waals surface area contributed by atoms with Crippen molar-refractivity contribution in [1.82, 2.24) is 9.29 Å². The van der Waals surface area contributed by atoms with E-state index in [0.29, 0.717) is 18.7 Å².